The van der Waals surface area contributed by atoms with E-state index in [-0.39, 0.29) is 41.5 Å². The van der Waals surface area contributed by atoms with Gasteiger partial charge in [0.05, 0.1) is 5.56 Å². The Balaban J connectivity index is 0.00000364. The molecule has 0 unspecified atom stereocenters. The maximum absolute atomic E-state index is 13.2. The monoisotopic (exact) mass is 503 g/mol. The number of methoxy groups -OCH3 is 1. The fourth-order valence-electron chi connectivity index (χ4n) is 3.15. The molecule has 1 fully saturated rings. The molecule has 1 aromatic rings. The molecule has 4 nitrogen and oxygen atoms in total. The molecule has 0 bridgehead atoms. The summed E-state index contributed by atoms with van der Waals surface area (Å²) in [6, 6.07) is 2.68. The minimum Gasteiger partial charge on any atom is -0.385 e. The van der Waals surface area contributed by atoms with Gasteiger partial charge in [-0.3, -0.25) is 4.99 Å². The number of ether oxygens (including phenoxy) is 1. The topological polar surface area (TPSA) is 45.7 Å². The SMILES string of the molecule is CN=C(NCc1ccc(F)cc1C(F)(F)F)NCC1(CCOC)CCC1.I. The van der Waals surface area contributed by atoms with E-state index in [1.165, 1.54) is 6.42 Å². The molecule has 0 radical (unpaired) electrons. The zero-order chi connectivity index (χ0) is 19.2. The smallest absolute Gasteiger partial charge is 0.385 e. The molecule has 1 aliphatic rings. The van der Waals surface area contributed by atoms with Gasteiger partial charge in [0.1, 0.15) is 5.82 Å². The van der Waals surface area contributed by atoms with Crippen LogP contribution >= 0.6 is 24.0 Å². The maximum Gasteiger partial charge on any atom is 0.416 e. The van der Waals surface area contributed by atoms with Crippen molar-refractivity contribution in [3.05, 3.63) is 35.1 Å². The van der Waals surface area contributed by atoms with E-state index < -0.39 is 17.6 Å². The molecule has 2 N–H and O–H groups in total. The predicted molar refractivity (Wildman–Crippen MR) is 108 cm³/mol. The minimum atomic E-state index is -4.60. The van der Waals surface area contributed by atoms with Crippen molar-refractivity contribution in [1.82, 2.24) is 10.6 Å². The second-order valence-corrected chi connectivity index (χ2v) is 6.67. The van der Waals surface area contributed by atoms with E-state index in [2.05, 4.69) is 15.6 Å². The van der Waals surface area contributed by atoms with Crippen LogP contribution in [0.25, 0.3) is 0 Å². The summed E-state index contributed by atoms with van der Waals surface area (Å²) < 4.78 is 57.5. The summed E-state index contributed by atoms with van der Waals surface area (Å²) in [5.74, 6) is -0.486. The highest BCUT2D eigenvalue weighted by Crippen LogP contribution is 2.43. The Bertz CT molecular complexity index is 634. The van der Waals surface area contributed by atoms with Crippen molar-refractivity contribution in [2.75, 3.05) is 27.3 Å². The number of benzene rings is 1. The van der Waals surface area contributed by atoms with Crippen LogP contribution in [0.2, 0.25) is 0 Å². The second kappa shape index (κ2) is 10.4. The van der Waals surface area contributed by atoms with E-state index >= 15 is 0 Å². The molecule has 27 heavy (non-hydrogen) atoms. The molecule has 9 heteroatoms. The first kappa shape index (κ1) is 23.9. The summed E-state index contributed by atoms with van der Waals surface area (Å²) in [6.07, 6.45) is -0.315. The van der Waals surface area contributed by atoms with Gasteiger partial charge < -0.3 is 15.4 Å². The van der Waals surface area contributed by atoms with Crippen molar-refractivity contribution in [2.45, 2.75) is 38.4 Å². The van der Waals surface area contributed by atoms with E-state index in [1.54, 1.807) is 14.2 Å². The number of guanidine groups is 1. The Morgan fingerprint density at radius 1 is 1.26 bits per heavy atom. The van der Waals surface area contributed by atoms with Crippen LogP contribution in [0.1, 0.15) is 36.8 Å². The van der Waals surface area contributed by atoms with Crippen LogP contribution in [0.5, 0.6) is 0 Å². The molecule has 0 aliphatic heterocycles. The van der Waals surface area contributed by atoms with Crippen molar-refractivity contribution in [2.24, 2.45) is 10.4 Å². The largest absolute Gasteiger partial charge is 0.416 e. The number of aliphatic imine (C=N–C) groups is 1. The molecule has 0 spiro atoms. The zero-order valence-electron chi connectivity index (χ0n) is 15.5. The summed E-state index contributed by atoms with van der Waals surface area (Å²) in [4.78, 5) is 4.06. The first-order valence-electron chi connectivity index (χ1n) is 8.59. The molecule has 0 atom stereocenters. The van der Waals surface area contributed by atoms with Crippen molar-refractivity contribution in [3.8, 4) is 0 Å². The van der Waals surface area contributed by atoms with E-state index in [1.807, 2.05) is 0 Å². The molecule has 154 valence electrons. The third-order valence-corrected chi connectivity index (χ3v) is 4.93. The fraction of sp³-hybridized carbons (Fsp3) is 0.611. The lowest BCUT2D eigenvalue weighted by Crippen LogP contribution is -2.46. The van der Waals surface area contributed by atoms with E-state index in [0.29, 0.717) is 25.2 Å². The molecule has 1 aliphatic carbocycles. The molecule has 2 rings (SSSR count). The van der Waals surface area contributed by atoms with Crippen LogP contribution in [0, 0.1) is 11.2 Å². The lowest BCUT2D eigenvalue weighted by Gasteiger charge is -2.42. The molecule has 0 aromatic heterocycles. The number of alkyl halides is 3. The van der Waals surface area contributed by atoms with Crippen LogP contribution in [0.3, 0.4) is 0 Å². The summed E-state index contributed by atoms with van der Waals surface area (Å²) in [7, 11) is 3.23. The van der Waals surface area contributed by atoms with Crippen molar-refractivity contribution < 1.29 is 22.3 Å². The lowest BCUT2D eigenvalue weighted by molar-refractivity contribution is -0.138. The number of rotatable bonds is 7. The number of halogens is 5. The third kappa shape index (κ3) is 6.78. The van der Waals surface area contributed by atoms with Crippen LogP contribution < -0.4 is 10.6 Å². The maximum atomic E-state index is 13.2. The highest BCUT2D eigenvalue weighted by molar-refractivity contribution is 14.0. The summed E-state index contributed by atoms with van der Waals surface area (Å²) in [5, 5.41) is 6.07. The normalized spacial score (nSPS) is 16.3. The third-order valence-electron chi connectivity index (χ3n) is 4.93. The average molecular weight is 503 g/mol. The van der Waals surface area contributed by atoms with Gasteiger partial charge in [-0.05, 0) is 42.4 Å². The highest BCUT2D eigenvalue weighted by Gasteiger charge is 2.36. The van der Waals surface area contributed by atoms with Gasteiger partial charge in [0, 0.05) is 33.9 Å². The number of nitrogens with one attached hydrogen (secondary N) is 2. The average Bonchev–Trinajstić information content (AvgIpc) is 2.56. The van der Waals surface area contributed by atoms with Gasteiger partial charge in [0.25, 0.3) is 0 Å². The zero-order valence-corrected chi connectivity index (χ0v) is 17.8. The minimum absolute atomic E-state index is 0. The molecule has 1 saturated carbocycles. The Labute approximate surface area is 174 Å². The van der Waals surface area contributed by atoms with Crippen LogP contribution in [-0.2, 0) is 17.5 Å². The van der Waals surface area contributed by atoms with Gasteiger partial charge in [-0.1, -0.05) is 12.5 Å². The van der Waals surface area contributed by atoms with Crippen molar-refractivity contribution >= 4 is 29.9 Å². The Kier molecular flexibility index (Phi) is 9.26. The predicted octanol–water partition coefficient (Wildman–Crippen LogP) is 4.33. The number of hydrogen-bond donors (Lipinski definition) is 2. The van der Waals surface area contributed by atoms with Gasteiger partial charge in [-0.25, -0.2) is 4.39 Å². The standard InChI is InChI=1S/C18H25F4N3O.HI/c1-23-16(25-12-17(6-3-7-17)8-9-26-2)24-11-13-4-5-14(19)10-15(13)18(20,21)22;/h4-5,10H,3,6-9,11-12H2,1-2H3,(H2,23,24,25);1H. The van der Waals surface area contributed by atoms with Crippen molar-refractivity contribution in [3.63, 3.8) is 0 Å². The molecule has 0 heterocycles. The van der Waals surface area contributed by atoms with Crippen LogP contribution in [-0.4, -0.2) is 33.3 Å². The first-order chi connectivity index (χ1) is 12.3. The number of hydrogen-bond acceptors (Lipinski definition) is 2. The Morgan fingerprint density at radius 3 is 2.48 bits per heavy atom. The highest BCUT2D eigenvalue weighted by atomic mass is 127. The van der Waals surface area contributed by atoms with Gasteiger partial charge in [-0.15, -0.1) is 24.0 Å². The Morgan fingerprint density at radius 2 is 1.96 bits per heavy atom. The summed E-state index contributed by atoms with van der Waals surface area (Å²) >= 11 is 0. The number of nitrogens with zero attached hydrogens (tertiary/aromatic N) is 1. The van der Waals surface area contributed by atoms with Crippen LogP contribution in [0.4, 0.5) is 17.6 Å². The van der Waals surface area contributed by atoms with E-state index in [0.717, 1.165) is 31.4 Å². The van der Waals surface area contributed by atoms with Gasteiger partial charge in [0.2, 0.25) is 0 Å². The quantitative estimate of drug-likeness (QED) is 0.252. The lowest BCUT2D eigenvalue weighted by atomic mass is 9.67. The summed E-state index contributed by atoms with van der Waals surface area (Å²) in [5.41, 5.74) is -0.851. The summed E-state index contributed by atoms with van der Waals surface area (Å²) in [6.45, 7) is 1.27. The second-order valence-electron chi connectivity index (χ2n) is 6.67. The molecular weight excluding hydrogens is 477 g/mol. The first-order valence-corrected chi connectivity index (χ1v) is 8.59. The molecule has 0 saturated heterocycles. The van der Waals surface area contributed by atoms with Gasteiger partial charge in [-0.2, -0.15) is 13.2 Å². The van der Waals surface area contributed by atoms with E-state index in [9.17, 15) is 17.6 Å². The molecule has 0 amide bonds. The van der Waals surface area contributed by atoms with Crippen molar-refractivity contribution in [1.29, 1.82) is 0 Å². The van der Waals surface area contributed by atoms with Gasteiger partial charge in [0.15, 0.2) is 5.96 Å². The fourth-order valence-corrected chi connectivity index (χ4v) is 3.15. The van der Waals surface area contributed by atoms with Crippen LogP contribution in [0.15, 0.2) is 23.2 Å². The molecular formula is C18H26F4IN3O. The van der Waals surface area contributed by atoms with Gasteiger partial charge >= 0.3 is 6.18 Å². The Hall–Kier alpha value is -1.10. The molecule has 1 aromatic carbocycles. The van der Waals surface area contributed by atoms with E-state index in [4.69, 9.17) is 4.74 Å².